The van der Waals surface area contributed by atoms with Crippen LogP contribution in [0.2, 0.25) is 0 Å². The molecule has 1 saturated carbocycles. The summed E-state index contributed by atoms with van der Waals surface area (Å²) in [4.78, 5) is 4.29. The van der Waals surface area contributed by atoms with Crippen LogP contribution in [0.5, 0.6) is 0 Å². The normalized spacial score (nSPS) is 28.0. The standard InChI is InChI=1S/C16H27N3O2/c1-15(2)13(11-16(15,3)20-5)19-14(17-4)18-9-8-12-7-6-10-21-12/h6-7,10,13H,8-9,11H2,1-5H3,(H2,17,18,19). The lowest BCUT2D eigenvalue weighted by Gasteiger charge is -2.59. The van der Waals surface area contributed by atoms with Gasteiger partial charge in [0.15, 0.2) is 5.96 Å². The molecule has 0 aromatic carbocycles. The van der Waals surface area contributed by atoms with Crippen molar-refractivity contribution in [3.63, 3.8) is 0 Å². The summed E-state index contributed by atoms with van der Waals surface area (Å²) in [5.41, 5.74) is -0.00192. The maximum atomic E-state index is 5.65. The third-order valence-corrected chi connectivity index (χ3v) is 5.06. The molecule has 0 saturated heterocycles. The molecular weight excluding hydrogens is 266 g/mol. The number of nitrogens with zero attached hydrogens (tertiary/aromatic N) is 1. The summed E-state index contributed by atoms with van der Waals surface area (Å²) in [6.07, 6.45) is 3.53. The predicted octanol–water partition coefficient (Wildman–Crippen LogP) is 2.19. The fraction of sp³-hybridized carbons (Fsp3) is 0.688. The summed E-state index contributed by atoms with van der Waals surface area (Å²) >= 11 is 0. The van der Waals surface area contributed by atoms with Gasteiger partial charge in [-0.3, -0.25) is 4.99 Å². The van der Waals surface area contributed by atoms with E-state index in [0.717, 1.165) is 31.1 Å². The van der Waals surface area contributed by atoms with Gasteiger partial charge in [0, 0.05) is 38.6 Å². The number of rotatable bonds is 5. The Labute approximate surface area is 127 Å². The van der Waals surface area contributed by atoms with Crippen LogP contribution in [-0.2, 0) is 11.2 Å². The van der Waals surface area contributed by atoms with Crippen molar-refractivity contribution in [3.05, 3.63) is 24.2 Å². The van der Waals surface area contributed by atoms with Crippen LogP contribution in [0.15, 0.2) is 27.8 Å². The number of hydrogen-bond donors (Lipinski definition) is 2. The molecule has 1 aliphatic carbocycles. The van der Waals surface area contributed by atoms with Crippen molar-refractivity contribution in [1.29, 1.82) is 0 Å². The molecule has 0 aliphatic heterocycles. The molecule has 1 heterocycles. The highest BCUT2D eigenvalue weighted by molar-refractivity contribution is 5.80. The molecule has 118 valence electrons. The Morgan fingerprint density at radius 1 is 1.48 bits per heavy atom. The lowest BCUT2D eigenvalue weighted by Crippen LogP contribution is -2.69. The molecule has 0 bridgehead atoms. The molecule has 2 unspecified atom stereocenters. The Morgan fingerprint density at radius 2 is 2.24 bits per heavy atom. The number of hydrogen-bond acceptors (Lipinski definition) is 3. The highest BCUT2D eigenvalue weighted by atomic mass is 16.5. The number of aliphatic imine (C=N–C) groups is 1. The van der Waals surface area contributed by atoms with Gasteiger partial charge in [0.25, 0.3) is 0 Å². The topological polar surface area (TPSA) is 58.8 Å². The van der Waals surface area contributed by atoms with Crippen molar-refractivity contribution < 1.29 is 9.15 Å². The average molecular weight is 293 g/mol. The Morgan fingerprint density at radius 3 is 2.76 bits per heavy atom. The SMILES string of the molecule is CN=C(NCCc1ccco1)NC1CC(C)(OC)C1(C)C. The fourth-order valence-corrected chi connectivity index (χ4v) is 2.84. The summed E-state index contributed by atoms with van der Waals surface area (Å²) in [5.74, 6) is 1.81. The van der Waals surface area contributed by atoms with Crippen LogP contribution in [0.25, 0.3) is 0 Å². The number of methoxy groups -OCH3 is 1. The van der Waals surface area contributed by atoms with Crippen molar-refractivity contribution in [2.24, 2.45) is 10.4 Å². The summed E-state index contributed by atoms with van der Waals surface area (Å²) in [7, 11) is 3.58. The van der Waals surface area contributed by atoms with E-state index in [4.69, 9.17) is 9.15 Å². The van der Waals surface area contributed by atoms with Crippen LogP contribution in [0, 0.1) is 5.41 Å². The summed E-state index contributed by atoms with van der Waals surface area (Å²) in [6, 6.07) is 4.25. The van der Waals surface area contributed by atoms with Gasteiger partial charge >= 0.3 is 0 Å². The lowest BCUT2D eigenvalue weighted by molar-refractivity contribution is -0.176. The molecule has 1 aliphatic rings. The van der Waals surface area contributed by atoms with Crippen molar-refractivity contribution in [3.8, 4) is 0 Å². The summed E-state index contributed by atoms with van der Waals surface area (Å²) in [5, 5.41) is 6.82. The molecule has 1 aromatic rings. The second kappa shape index (κ2) is 6.10. The van der Waals surface area contributed by atoms with Crippen LogP contribution >= 0.6 is 0 Å². The zero-order chi connectivity index (χ0) is 15.5. The van der Waals surface area contributed by atoms with Crippen molar-refractivity contribution in [2.45, 2.75) is 45.3 Å². The fourth-order valence-electron chi connectivity index (χ4n) is 2.84. The molecule has 5 nitrogen and oxygen atoms in total. The summed E-state index contributed by atoms with van der Waals surface area (Å²) in [6.45, 7) is 7.42. The minimum Gasteiger partial charge on any atom is -0.469 e. The maximum absolute atomic E-state index is 5.65. The quantitative estimate of drug-likeness (QED) is 0.645. The highest BCUT2D eigenvalue weighted by Gasteiger charge is 2.57. The second-order valence-electron chi connectivity index (χ2n) is 6.39. The number of nitrogens with one attached hydrogen (secondary N) is 2. The molecule has 2 N–H and O–H groups in total. The minimum absolute atomic E-state index is 0.0698. The molecule has 2 rings (SSSR count). The third kappa shape index (κ3) is 3.07. The van der Waals surface area contributed by atoms with E-state index in [1.807, 2.05) is 12.1 Å². The number of guanidine groups is 1. The van der Waals surface area contributed by atoms with Crippen molar-refractivity contribution in [1.82, 2.24) is 10.6 Å². The second-order valence-corrected chi connectivity index (χ2v) is 6.39. The molecule has 0 amide bonds. The molecule has 0 radical (unpaired) electrons. The van der Waals surface area contributed by atoms with Crippen LogP contribution in [0.4, 0.5) is 0 Å². The van der Waals surface area contributed by atoms with Crippen molar-refractivity contribution >= 4 is 5.96 Å². The van der Waals surface area contributed by atoms with Gasteiger partial charge in [-0.15, -0.1) is 0 Å². The Bertz CT molecular complexity index is 482. The molecular formula is C16H27N3O2. The molecule has 1 fully saturated rings. The predicted molar refractivity (Wildman–Crippen MR) is 84.5 cm³/mol. The van der Waals surface area contributed by atoms with Gasteiger partial charge in [0.1, 0.15) is 5.76 Å². The van der Waals surface area contributed by atoms with E-state index >= 15 is 0 Å². The van der Waals surface area contributed by atoms with E-state index in [1.165, 1.54) is 0 Å². The van der Waals surface area contributed by atoms with Gasteiger partial charge < -0.3 is 19.8 Å². The third-order valence-electron chi connectivity index (χ3n) is 5.06. The van der Waals surface area contributed by atoms with Crippen LogP contribution in [0.3, 0.4) is 0 Å². The lowest BCUT2D eigenvalue weighted by atomic mass is 9.56. The zero-order valence-corrected chi connectivity index (χ0v) is 13.7. The average Bonchev–Trinajstić information content (AvgIpc) is 2.98. The van der Waals surface area contributed by atoms with Gasteiger partial charge in [0.2, 0.25) is 0 Å². The molecule has 1 aromatic heterocycles. The molecule has 21 heavy (non-hydrogen) atoms. The Kier molecular flexibility index (Phi) is 4.61. The number of furan rings is 1. The van der Waals surface area contributed by atoms with Gasteiger partial charge in [-0.1, -0.05) is 13.8 Å². The molecule has 2 atom stereocenters. The molecule has 0 spiro atoms. The summed E-state index contributed by atoms with van der Waals surface area (Å²) < 4.78 is 11.0. The van der Waals surface area contributed by atoms with Crippen LogP contribution in [0.1, 0.15) is 33.0 Å². The van der Waals surface area contributed by atoms with Gasteiger partial charge in [-0.25, -0.2) is 0 Å². The first-order valence-corrected chi connectivity index (χ1v) is 7.47. The van der Waals surface area contributed by atoms with E-state index < -0.39 is 0 Å². The van der Waals surface area contributed by atoms with E-state index in [9.17, 15) is 0 Å². The first-order valence-electron chi connectivity index (χ1n) is 7.47. The van der Waals surface area contributed by atoms with Gasteiger partial charge in [-0.05, 0) is 25.5 Å². The van der Waals surface area contributed by atoms with Crippen LogP contribution in [-0.4, -0.2) is 38.3 Å². The van der Waals surface area contributed by atoms with E-state index in [2.05, 4.69) is 36.4 Å². The number of ether oxygens (including phenoxy) is 1. The van der Waals surface area contributed by atoms with E-state index in [-0.39, 0.29) is 11.0 Å². The zero-order valence-electron chi connectivity index (χ0n) is 13.7. The first-order chi connectivity index (χ1) is 9.93. The van der Waals surface area contributed by atoms with E-state index in [0.29, 0.717) is 6.04 Å². The van der Waals surface area contributed by atoms with Gasteiger partial charge in [-0.2, -0.15) is 0 Å². The molecule has 5 heteroatoms. The van der Waals surface area contributed by atoms with Crippen LogP contribution < -0.4 is 10.6 Å². The largest absolute Gasteiger partial charge is 0.469 e. The Balaban J connectivity index is 1.81. The maximum Gasteiger partial charge on any atom is 0.191 e. The minimum atomic E-state index is -0.0717. The highest BCUT2D eigenvalue weighted by Crippen LogP contribution is 2.51. The smallest absolute Gasteiger partial charge is 0.191 e. The Hall–Kier alpha value is -1.49. The van der Waals surface area contributed by atoms with Crippen molar-refractivity contribution in [2.75, 3.05) is 20.7 Å². The first kappa shape index (κ1) is 15.9. The van der Waals surface area contributed by atoms with E-state index in [1.54, 1.807) is 20.4 Å². The monoisotopic (exact) mass is 293 g/mol. The van der Waals surface area contributed by atoms with Gasteiger partial charge in [0.05, 0.1) is 11.9 Å².